The molecule has 2 heterocycles. The van der Waals surface area contributed by atoms with Gasteiger partial charge in [0.25, 0.3) is 5.56 Å². The van der Waals surface area contributed by atoms with E-state index < -0.39 is 11.9 Å². The van der Waals surface area contributed by atoms with Crippen LogP contribution in [0.2, 0.25) is 0 Å². The Morgan fingerprint density at radius 1 is 1.46 bits per heavy atom. The minimum Gasteiger partial charge on any atom is -0.466 e. The van der Waals surface area contributed by atoms with E-state index in [0.29, 0.717) is 40.7 Å². The van der Waals surface area contributed by atoms with Crippen LogP contribution in [0.15, 0.2) is 29.1 Å². The van der Waals surface area contributed by atoms with Crippen LogP contribution in [0.3, 0.4) is 0 Å². The topological polar surface area (TPSA) is 87.4 Å². The highest BCUT2D eigenvalue weighted by Gasteiger charge is 2.36. The summed E-state index contributed by atoms with van der Waals surface area (Å²) in [6.45, 7) is 2.01. The normalized spacial score (nSPS) is 16.2. The molecule has 0 spiro atoms. The second-order valence-corrected chi connectivity index (χ2v) is 5.85. The maximum absolute atomic E-state index is 13.1. The molecule has 1 aromatic carbocycles. The predicted molar refractivity (Wildman–Crippen MR) is 87.9 cm³/mol. The van der Waals surface area contributed by atoms with E-state index in [1.54, 1.807) is 6.92 Å². The van der Waals surface area contributed by atoms with Gasteiger partial charge in [0.1, 0.15) is 11.7 Å². The molecule has 1 aliphatic rings. The lowest BCUT2D eigenvalue weighted by Crippen LogP contribution is -2.25. The highest BCUT2D eigenvalue weighted by Crippen LogP contribution is 2.35. The molecule has 0 amide bonds. The average Bonchev–Trinajstić information content (AvgIpc) is 3.17. The zero-order chi connectivity index (χ0) is 16.8. The van der Waals surface area contributed by atoms with Crippen LogP contribution in [0.4, 0.5) is 0 Å². The molecule has 6 heteroatoms. The maximum Gasteiger partial charge on any atom is 0.313 e. The lowest BCUT2D eigenvalue weighted by Gasteiger charge is -2.11. The minimum atomic E-state index is -0.592. The SMILES string of the molecule is CCOC(=O)C1CCc2c1c(=O)n1c([nH]c3ccccc31)c2C#N. The molecule has 1 N–H and O–H groups in total. The molecule has 0 saturated carbocycles. The van der Waals surface area contributed by atoms with Gasteiger partial charge < -0.3 is 9.72 Å². The Balaban J connectivity index is 2.11. The van der Waals surface area contributed by atoms with Crippen molar-refractivity contribution in [2.75, 3.05) is 6.61 Å². The Labute approximate surface area is 137 Å². The summed E-state index contributed by atoms with van der Waals surface area (Å²) < 4.78 is 6.62. The highest BCUT2D eigenvalue weighted by molar-refractivity contribution is 5.85. The predicted octanol–water partition coefficient (Wildman–Crippen LogP) is 2.25. The van der Waals surface area contributed by atoms with Crippen molar-refractivity contribution in [2.45, 2.75) is 25.7 Å². The van der Waals surface area contributed by atoms with Gasteiger partial charge in [-0.05, 0) is 37.5 Å². The van der Waals surface area contributed by atoms with E-state index in [9.17, 15) is 14.9 Å². The first-order valence-corrected chi connectivity index (χ1v) is 7.92. The number of carbonyl (C=O) groups excluding carboxylic acids is 1. The van der Waals surface area contributed by atoms with Crippen molar-refractivity contribution >= 4 is 22.6 Å². The molecule has 6 nitrogen and oxygen atoms in total. The van der Waals surface area contributed by atoms with E-state index in [2.05, 4.69) is 11.1 Å². The Bertz CT molecular complexity index is 1080. The number of fused-ring (bicyclic) bond motifs is 4. The van der Waals surface area contributed by atoms with Crippen LogP contribution in [0.25, 0.3) is 16.7 Å². The number of H-pyrrole nitrogens is 1. The number of hydrogen-bond acceptors (Lipinski definition) is 4. The van der Waals surface area contributed by atoms with Crippen LogP contribution in [0, 0.1) is 11.3 Å². The summed E-state index contributed by atoms with van der Waals surface area (Å²) in [5, 5.41) is 9.64. The van der Waals surface area contributed by atoms with Crippen molar-refractivity contribution in [1.82, 2.24) is 9.38 Å². The average molecular weight is 321 g/mol. The van der Waals surface area contributed by atoms with E-state index in [-0.39, 0.29) is 12.2 Å². The highest BCUT2D eigenvalue weighted by atomic mass is 16.5. The summed E-state index contributed by atoms with van der Waals surface area (Å²) in [5.74, 6) is -0.984. The van der Waals surface area contributed by atoms with Gasteiger partial charge in [-0.1, -0.05) is 12.1 Å². The summed E-state index contributed by atoms with van der Waals surface area (Å²) in [5.41, 5.74) is 3.25. The standard InChI is InChI=1S/C18H15N3O3/c1-2-24-18(23)11-8-7-10-12(9-19)16-20-13-5-3-4-6-14(13)21(16)17(22)15(10)11/h3-6,11,20H,2,7-8H2,1H3. The molecule has 1 unspecified atom stereocenters. The van der Waals surface area contributed by atoms with Crippen LogP contribution >= 0.6 is 0 Å². The lowest BCUT2D eigenvalue weighted by molar-refractivity contribution is -0.144. The number of hydrogen-bond donors (Lipinski definition) is 1. The molecule has 120 valence electrons. The number of para-hydroxylation sites is 2. The minimum absolute atomic E-state index is 0.244. The molecule has 0 fully saturated rings. The van der Waals surface area contributed by atoms with Gasteiger partial charge in [0.15, 0.2) is 0 Å². The monoisotopic (exact) mass is 321 g/mol. The molecule has 24 heavy (non-hydrogen) atoms. The smallest absolute Gasteiger partial charge is 0.313 e. The Kier molecular flexibility index (Phi) is 3.17. The summed E-state index contributed by atoms with van der Waals surface area (Å²) in [6, 6.07) is 9.59. The van der Waals surface area contributed by atoms with Crippen molar-refractivity contribution in [2.24, 2.45) is 0 Å². The summed E-state index contributed by atoms with van der Waals surface area (Å²) in [6.07, 6.45) is 1.03. The first-order valence-electron chi connectivity index (χ1n) is 7.92. The first-order chi connectivity index (χ1) is 11.7. The Morgan fingerprint density at radius 2 is 2.25 bits per heavy atom. The van der Waals surface area contributed by atoms with Gasteiger partial charge in [0.05, 0.1) is 29.1 Å². The number of carbonyl (C=O) groups is 1. The fraction of sp³-hybridized carbons (Fsp3) is 0.278. The van der Waals surface area contributed by atoms with Crippen molar-refractivity contribution in [3.8, 4) is 6.07 Å². The number of aromatic amines is 1. The van der Waals surface area contributed by atoms with Crippen LogP contribution in [-0.4, -0.2) is 22.0 Å². The van der Waals surface area contributed by atoms with E-state index in [4.69, 9.17) is 4.74 Å². The number of benzene rings is 1. The van der Waals surface area contributed by atoms with E-state index in [0.717, 1.165) is 5.52 Å². The quantitative estimate of drug-likeness (QED) is 0.733. The van der Waals surface area contributed by atoms with Gasteiger partial charge in [-0.3, -0.25) is 14.0 Å². The van der Waals surface area contributed by atoms with Gasteiger partial charge in [-0.25, -0.2) is 0 Å². The number of imidazole rings is 1. The van der Waals surface area contributed by atoms with Crippen molar-refractivity contribution in [1.29, 1.82) is 5.26 Å². The summed E-state index contributed by atoms with van der Waals surface area (Å²) in [7, 11) is 0. The first kappa shape index (κ1) is 14.5. The third kappa shape index (κ3) is 1.81. The number of nitriles is 1. The van der Waals surface area contributed by atoms with E-state index >= 15 is 0 Å². The zero-order valence-electron chi connectivity index (χ0n) is 13.1. The molecule has 0 radical (unpaired) electrons. The Hall–Kier alpha value is -3.07. The van der Waals surface area contributed by atoms with Crippen molar-refractivity contribution in [3.63, 3.8) is 0 Å². The fourth-order valence-corrected chi connectivity index (χ4v) is 3.64. The molecule has 0 saturated heterocycles. The second kappa shape index (κ2) is 5.24. The largest absolute Gasteiger partial charge is 0.466 e. The van der Waals surface area contributed by atoms with Crippen molar-refractivity contribution in [3.05, 3.63) is 51.3 Å². The molecule has 1 atom stereocenters. The van der Waals surface area contributed by atoms with Gasteiger partial charge in [0.2, 0.25) is 0 Å². The molecule has 0 aliphatic heterocycles. The maximum atomic E-state index is 13.1. The number of pyridine rings is 1. The van der Waals surface area contributed by atoms with Crippen LogP contribution in [-0.2, 0) is 16.0 Å². The Morgan fingerprint density at radius 3 is 3.00 bits per heavy atom. The third-order valence-corrected chi connectivity index (χ3v) is 4.63. The van der Waals surface area contributed by atoms with Crippen LogP contribution in [0.1, 0.15) is 36.0 Å². The summed E-state index contributed by atoms with van der Waals surface area (Å²) >= 11 is 0. The number of esters is 1. The molecule has 0 bridgehead atoms. The van der Waals surface area contributed by atoms with Crippen LogP contribution in [0.5, 0.6) is 0 Å². The summed E-state index contributed by atoms with van der Waals surface area (Å²) in [4.78, 5) is 28.5. The molecule has 3 aromatic rings. The number of ether oxygens (including phenoxy) is 1. The molecule has 2 aromatic heterocycles. The second-order valence-electron chi connectivity index (χ2n) is 5.85. The fourth-order valence-electron chi connectivity index (χ4n) is 3.64. The van der Waals surface area contributed by atoms with Crippen molar-refractivity contribution < 1.29 is 9.53 Å². The van der Waals surface area contributed by atoms with E-state index in [1.165, 1.54) is 4.40 Å². The molecular formula is C18H15N3O3. The van der Waals surface area contributed by atoms with Gasteiger partial charge >= 0.3 is 5.97 Å². The van der Waals surface area contributed by atoms with Gasteiger partial charge in [-0.2, -0.15) is 5.26 Å². The molecule has 4 rings (SSSR count). The number of aromatic nitrogens is 2. The molecular weight excluding hydrogens is 306 g/mol. The van der Waals surface area contributed by atoms with Crippen LogP contribution < -0.4 is 5.56 Å². The van der Waals surface area contributed by atoms with E-state index in [1.807, 2.05) is 24.3 Å². The number of rotatable bonds is 2. The van der Waals surface area contributed by atoms with Gasteiger partial charge in [0, 0.05) is 5.56 Å². The third-order valence-electron chi connectivity index (χ3n) is 4.63. The lowest BCUT2D eigenvalue weighted by atomic mass is 10.0. The number of nitrogens with zero attached hydrogens (tertiary/aromatic N) is 2. The van der Waals surface area contributed by atoms with Gasteiger partial charge in [-0.15, -0.1) is 0 Å². The zero-order valence-corrected chi connectivity index (χ0v) is 13.1. The number of nitrogens with one attached hydrogen (secondary N) is 1. The molecule has 1 aliphatic carbocycles.